The molecule has 8 aliphatic carbocycles. The molecule has 0 spiro atoms. The van der Waals surface area contributed by atoms with Gasteiger partial charge in [-0.25, -0.2) is 0 Å². The summed E-state index contributed by atoms with van der Waals surface area (Å²) in [5.74, 6) is 14.9. The van der Waals surface area contributed by atoms with Crippen molar-refractivity contribution in [3.05, 3.63) is 69.8 Å². The first-order chi connectivity index (χ1) is 19.3. The quantitative estimate of drug-likeness (QED) is 0.361. The zero-order valence-corrected chi connectivity index (χ0v) is 23.6. The van der Waals surface area contributed by atoms with Gasteiger partial charge in [0, 0.05) is 22.3 Å². The van der Waals surface area contributed by atoms with Gasteiger partial charge in [-0.05, 0) is 170 Å². The Balaban J connectivity index is 1.25. The van der Waals surface area contributed by atoms with Crippen LogP contribution < -0.4 is 0 Å². The molecule has 40 heavy (non-hydrogen) atoms. The Labute approximate surface area is 241 Å². The molecule has 2 aromatic carbocycles. The van der Waals surface area contributed by atoms with E-state index in [2.05, 4.69) is 47.9 Å². The molecule has 0 amide bonds. The second kappa shape index (κ2) is 8.12. The first-order valence-corrected chi connectivity index (χ1v) is 15.5. The van der Waals surface area contributed by atoms with Gasteiger partial charge in [0.1, 0.15) is 0 Å². The van der Waals surface area contributed by atoms with Crippen molar-refractivity contribution in [1.29, 1.82) is 0 Å². The highest BCUT2D eigenvalue weighted by atomic mass is 14.7. The standard InChI is InChI=1S/C40H38/c1-5-27-9-28(6-2)14-35(13-27)37-17-31-11-32(18-37)22-39(21-31,25-37)40-23-33-12-34(24-40)20-38(19-33,26-40)36-15-29(7-3)10-30(8-4)16-36/h1-4,9-10,13-16,31-34H,11-12,17-26H2. The topological polar surface area (TPSA) is 0 Å². The van der Waals surface area contributed by atoms with Crippen LogP contribution in [0.3, 0.4) is 0 Å². The number of rotatable bonds is 3. The first kappa shape index (κ1) is 24.5. The lowest BCUT2D eigenvalue weighted by Crippen LogP contribution is -2.66. The molecule has 10 rings (SSSR count). The molecule has 0 aromatic heterocycles. The van der Waals surface area contributed by atoms with Crippen LogP contribution in [0.15, 0.2) is 36.4 Å². The van der Waals surface area contributed by atoms with Gasteiger partial charge in [0.05, 0.1) is 0 Å². The molecular formula is C40H38. The summed E-state index contributed by atoms with van der Waals surface area (Å²) in [6.07, 6.45) is 40.2. The average Bonchev–Trinajstić information content (AvgIpc) is 2.95. The number of hydrogen-bond acceptors (Lipinski definition) is 0. The van der Waals surface area contributed by atoms with Crippen LogP contribution in [0.2, 0.25) is 0 Å². The molecule has 198 valence electrons. The third kappa shape index (κ3) is 3.27. The number of benzene rings is 2. The van der Waals surface area contributed by atoms with Crippen LogP contribution in [0, 0.1) is 83.9 Å². The summed E-state index contributed by atoms with van der Waals surface area (Å²) in [5, 5.41) is 0. The van der Waals surface area contributed by atoms with Crippen molar-refractivity contribution >= 4 is 0 Å². The Morgan fingerprint density at radius 2 is 0.750 bits per heavy atom. The fourth-order valence-electron chi connectivity index (χ4n) is 12.6. The Morgan fingerprint density at radius 3 is 1.02 bits per heavy atom. The predicted octanol–water partition coefficient (Wildman–Crippen LogP) is 7.99. The Morgan fingerprint density at radius 1 is 0.450 bits per heavy atom. The second-order valence-corrected chi connectivity index (χ2v) is 15.2. The van der Waals surface area contributed by atoms with Crippen molar-refractivity contribution in [3.8, 4) is 49.4 Å². The lowest BCUT2D eigenvalue weighted by Gasteiger charge is -2.74. The molecule has 0 nitrogen and oxygen atoms in total. The number of hydrogen-bond donors (Lipinski definition) is 0. The van der Waals surface area contributed by atoms with Gasteiger partial charge in [-0.3, -0.25) is 0 Å². The van der Waals surface area contributed by atoms with Crippen molar-refractivity contribution in [1.82, 2.24) is 0 Å². The molecule has 2 aromatic rings. The zero-order valence-electron chi connectivity index (χ0n) is 23.6. The Bertz CT molecular complexity index is 1390. The molecule has 8 bridgehead atoms. The highest BCUT2D eigenvalue weighted by molar-refractivity contribution is 5.50. The zero-order chi connectivity index (χ0) is 27.3. The minimum Gasteiger partial charge on any atom is -0.115 e. The van der Waals surface area contributed by atoms with Crippen molar-refractivity contribution in [3.63, 3.8) is 0 Å². The Hall–Kier alpha value is -3.32. The summed E-state index contributed by atoms with van der Waals surface area (Å²) in [4.78, 5) is 0. The van der Waals surface area contributed by atoms with E-state index in [9.17, 15) is 0 Å². The summed E-state index contributed by atoms with van der Waals surface area (Å²) in [5.41, 5.74) is 7.94. The molecule has 0 heterocycles. The van der Waals surface area contributed by atoms with Crippen LogP contribution in [0.25, 0.3) is 0 Å². The largest absolute Gasteiger partial charge is 0.115 e. The lowest BCUT2D eigenvalue weighted by atomic mass is 9.30. The summed E-state index contributed by atoms with van der Waals surface area (Å²) >= 11 is 0. The van der Waals surface area contributed by atoms with Gasteiger partial charge in [-0.1, -0.05) is 23.7 Å². The van der Waals surface area contributed by atoms with Gasteiger partial charge in [0.2, 0.25) is 0 Å². The van der Waals surface area contributed by atoms with Crippen molar-refractivity contribution in [2.75, 3.05) is 0 Å². The van der Waals surface area contributed by atoms with E-state index in [1.807, 2.05) is 12.1 Å². The maximum atomic E-state index is 5.93. The first-order valence-electron chi connectivity index (χ1n) is 15.5. The van der Waals surface area contributed by atoms with Gasteiger partial charge in [-0.15, -0.1) is 25.7 Å². The normalized spacial score (nSPS) is 41.6. The molecule has 0 saturated heterocycles. The maximum Gasteiger partial charge on any atom is 0.0257 e. The minimum absolute atomic E-state index is 0.221. The van der Waals surface area contributed by atoms with E-state index < -0.39 is 0 Å². The van der Waals surface area contributed by atoms with Gasteiger partial charge < -0.3 is 0 Å². The van der Waals surface area contributed by atoms with Crippen molar-refractivity contribution in [2.24, 2.45) is 34.5 Å². The smallest absolute Gasteiger partial charge is 0.0257 e. The molecular weight excluding hydrogens is 480 g/mol. The van der Waals surface area contributed by atoms with E-state index in [-0.39, 0.29) is 10.8 Å². The van der Waals surface area contributed by atoms with E-state index in [0.717, 1.165) is 45.9 Å². The lowest BCUT2D eigenvalue weighted by molar-refractivity contribution is -0.212. The van der Waals surface area contributed by atoms with Crippen LogP contribution >= 0.6 is 0 Å². The van der Waals surface area contributed by atoms with Crippen LogP contribution in [-0.4, -0.2) is 0 Å². The molecule has 0 heteroatoms. The van der Waals surface area contributed by atoms with Gasteiger partial charge in [0.25, 0.3) is 0 Å². The van der Waals surface area contributed by atoms with E-state index in [1.165, 1.54) is 88.2 Å². The second-order valence-electron chi connectivity index (χ2n) is 15.2. The minimum atomic E-state index is 0.221. The van der Waals surface area contributed by atoms with Crippen LogP contribution in [0.4, 0.5) is 0 Å². The van der Waals surface area contributed by atoms with Crippen LogP contribution in [0.5, 0.6) is 0 Å². The Kier molecular flexibility index (Phi) is 4.97. The highest BCUT2D eigenvalue weighted by Gasteiger charge is 2.70. The van der Waals surface area contributed by atoms with Crippen molar-refractivity contribution in [2.45, 2.75) is 87.9 Å². The van der Waals surface area contributed by atoms with E-state index in [1.54, 1.807) is 0 Å². The third-order valence-corrected chi connectivity index (χ3v) is 13.0. The molecule has 4 unspecified atom stereocenters. The fraction of sp³-hybridized carbons (Fsp3) is 0.500. The molecule has 4 atom stereocenters. The molecule has 0 radical (unpaired) electrons. The van der Waals surface area contributed by atoms with Gasteiger partial charge >= 0.3 is 0 Å². The van der Waals surface area contributed by atoms with Crippen molar-refractivity contribution < 1.29 is 0 Å². The van der Waals surface area contributed by atoms with Crippen LogP contribution in [-0.2, 0) is 10.8 Å². The summed E-state index contributed by atoms with van der Waals surface area (Å²) in [7, 11) is 0. The summed E-state index contributed by atoms with van der Waals surface area (Å²) < 4.78 is 0. The number of terminal acetylenes is 4. The molecule has 8 fully saturated rings. The SMILES string of the molecule is C#Cc1cc(C#C)cc(C23CC4CC(C2)CC(C25CC6CC(CC(c7cc(C#C)cc(C#C)c7)(C6)C2)C5)(C4)C3)c1. The molecule has 8 aliphatic rings. The van der Waals surface area contributed by atoms with Gasteiger partial charge in [0.15, 0.2) is 0 Å². The summed E-state index contributed by atoms with van der Waals surface area (Å²) in [6, 6.07) is 13.3. The van der Waals surface area contributed by atoms with E-state index in [4.69, 9.17) is 25.7 Å². The fourth-order valence-corrected chi connectivity index (χ4v) is 12.6. The monoisotopic (exact) mass is 518 g/mol. The van der Waals surface area contributed by atoms with Crippen LogP contribution in [0.1, 0.15) is 110 Å². The predicted molar refractivity (Wildman–Crippen MR) is 162 cm³/mol. The van der Waals surface area contributed by atoms with Gasteiger partial charge in [-0.2, -0.15) is 0 Å². The van der Waals surface area contributed by atoms with E-state index in [0.29, 0.717) is 10.8 Å². The summed E-state index contributed by atoms with van der Waals surface area (Å²) in [6.45, 7) is 0. The molecule has 0 N–H and O–H groups in total. The highest BCUT2D eigenvalue weighted by Crippen LogP contribution is 2.78. The average molecular weight is 519 g/mol. The molecule has 8 saturated carbocycles. The van der Waals surface area contributed by atoms with E-state index >= 15 is 0 Å². The third-order valence-electron chi connectivity index (χ3n) is 13.0. The molecule has 0 aliphatic heterocycles. The maximum absolute atomic E-state index is 5.93.